The molecule has 0 saturated heterocycles. The molecule has 2 N–H and O–H groups in total. The Balaban J connectivity index is 2.17. The number of methoxy groups -OCH3 is 1. The molecule has 0 saturated carbocycles. The van der Waals surface area contributed by atoms with Gasteiger partial charge in [-0.2, -0.15) is 0 Å². The largest absolute Gasteiger partial charge is 0.375 e. The maximum absolute atomic E-state index is 11.9. The molecule has 110 valence electrons. The van der Waals surface area contributed by atoms with E-state index >= 15 is 0 Å². The second-order valence-electron chi connectivity index (χ2n) is 5.80. The molecule has 0 aliphatic carbocycles. The number of carbonyl (C=O) groups is 1. The summed E-state index contributed by atoms with van der Waals surface area (Å²) in [6.45, 7) is 5.83. The van der Waals surface area contributed by atoms with Gasteiger partial charge in [-0.3, -0.25) is 4.79 Å². The highest BCUT2D eigenvalue weighted by molar-refractivity contribution is 5.77. The second kappa shape index (κ2) is 6.37. The van der Waals surface area contributed by atoms with Crippen LogP contribution in [0, 0.1) is 5.92 Å². The Morgan fingerprint density at radius 1 is 1.40 bits per heavy atom. The number of carbonyl (C=O) groups excluding carboxylic acids is 1. The Kier molecular flexibility index (Phi) is 4.78. The van der Waals surface area contributed by atoms with Crippen molar-refractivity contribution in [1.82, 2.24) is 4.90 Å². The zero-order chi connectivity index (χ0) is 14.7. The molecule has 4 nitrogen and oxygen atoms in total. The van der Waals surface area contributed by atoms with Crippen molar-refractivity contribution in [3.8, 4) is 0 Å². The van der Waals surface area contributed by atoms with Gasteiger partial charge in [-0.1, -0.05) is 32.0 Å². The molecule has 20 heavy (non-hydrogen) atoms. The van der Waals surface area contributed by atoms with Crippen molar-refractivity contribution in [1.29, 1.82) is 0 Å². The molecule has 1 unspecified atom stereocenters. The van der Waals surface area contributed by atoms with Crippen molar-refractivity contribution in [2.75, 3.05) is 20.3 Å². The van der Waals surface area contributed by atoms with E-state index in [-0.39, 0.29) is 18.6 Å². The molecule has 1 aliphatic rings. The number of hydrogen-bond donors (Lipinski definition) is 1. The van der Waals surface area contributed by atoms with Gasteiger partial charge in [-0.25, -0.2) is 0 Å². The molecule has 0 spiro atoms. The molecule has 0 aromatic heterocycles. The fraction of sp³-hybridized carbons (Fsp3) is 0.562. The molecule has 1 aromatic rings. The summed E-state index contributed by atoms with van der Waals surface area (Å²) in [4.78, 5) is 13.8. The maximum Gasteiger partial charge on any atom is 0.248 e. The van der Waals surface area contributed by atoms with Gasteiger partial charge in [0.2, 0.25) is 5.91 Å². The molecule has 0 fully saturated rings. The third-order valence-corrected chi connectivity index (χ3v) is 3.97. The number of nitrogens with two attached hydrogens (primary N) is 1. The number of fused-ring (bicyclic) bond motifs is 1. The SMILES string of the molecule is COCC(=O)N1CCc2ccc(C(N)C(C)C)cc2C1. The summed E-state index contributed by atoms with van der Waals surface area (Å²) in [6, 6.07) is 6.48. The molecule has 1 aromatic carbocycles. The molecular weight excluding hydrogens is 252 g/mol. The van der Waals surface area contributed by atoms with Crippen molar-refractivity contribution < 1.29 is 9.53 Å². The Morgan fingerprint density at radius 2 is 2.15 bits per heavy atom. The first kappa shape index (κ1) is 15.0. The van der Waals surface area contributed by atoms with E-state index in [9.17, 15) is 4.79 Å². The quantitative estimate of drug-likeness (QED) is 0.913. The Bertz CT molecular complexity index is 485. The van der Waals surface area contributed by atoms with Crippen molar-refractivity contribution in [2.45, 2.75) is 32.9 Å². The molecular formula is C16H24N2O2. The van der Waals surface area contributed by atoms with E-state index < -0.39 is 0 Å². The third-order valence-electron chi connectivity index (χ3n) is 3.97. The van der Waals surface area contributed by atoms with Gasteiger partial charge in [-0.15, -0.1) is 0 Å². The van der Waals surface area contributed by atoms with E-state index in [1.807, 2.05) is 4.90 Å². The molecule has 1 heterocycles. The maximum atomic E-state index is 11.9. The predicted molar refractivity (Wildman–Crippen MR) is 79.2 cm³/mol. The normalized spacial score (nSPS) is 16.1. The van der Waals surface area contributed by atoms with Crippen LogP contribution >= 0.6 is 0 Å². The Morgan fingerprint density at radius 3 is 2.80 bits per heavy atom. The van der Waals surface area contributed by atoms with E-state index in [0.29, 0.717) is 12.5 Å². The van der Waals surface area contributed by atoms with E-state index in [1.165, 1.54) is 11.1 Å². The summed E-state index contributed by atoms with van der Waals surface area (Å²) in [5.74, 6) is 0.458. The molecule has 1 aliphatic heterocycles. The predicted octanol–water partition coefficient (Wildman–Crippen LogP) is 1.87. The van der Waals surface area contributed by atoms with E-state index in [1.54, 1.807) is 7.11 Å². The van der Waals surface area contributed by atoms with Crippen LogP contribution in [-0.4, -0.2) is 31.1 Å². The number of ether oxygens (including phenoxy) is 1. The smallest absolute Gasteiger partial charge is 0.248 e. The minimum absolute atomic E-state index is 0.0466. The molecule has 0 radical (unpaired) electrons. The highest BCUT2D eigenvalue weighted by Gasteiger charge is 2.21. The van der Waals surface area contributed by atoms with Crippen LogP contribution in [0.2, 0.25) is 0 Å². The number of nitrogens with zero attached hydrogens (tertiary/aromatic N) is 1. The van der Waals surface area contributed by atoms with Crippen molar-refractivity contribution in [2.24, 2.45) is 11.7 Å². The summed E-state index contributed by atoms with van der Waals surface area (Å²) in [5.41, 5.74) is 9.91. The Hall–Kier alpha value is -1.39. The first-order valence-electron chi connectivity index (χ1n) is 7.17. The van der Waals surface area contributed by atoms with Crippen LogP contribution in [0.1, 0.15) is 36.6 Å². The second-order valence-corrected chi connectivity index (χ2v) is 5.80. The van der Waals surface area contributed by atoms with Crippen LogP contribution in [0.25, 0.3) is 0 Å². The van der Waals surface area contributed by atoms with Gasteiger partial charge in [0, 0.05) is 26.2 Å². The van der Waals surface area contributed by atoms with Crippen molar-refractivity contribution in [3.05, 3.63) is 34.9 Å². The van der Waals surface area contributed by atoms with Gasteiger partial charge in [0.1, 0.15) is 6.61 Å². The van der Waals surface area contributed by atoms with Gasteiger partial charge >= 0.3 is 0 Å². The van der Waals surface area contributed by atoms with Crippen LogP contribution in [0.3, 0.4) is 0 Å². The van der Waals surface area contributed by atoms with Crippen LogP contribution in [0.4, 0.5) is 0 Å². The van der Waals surface area contributed by atoms with Gasteiger partial charge in [-0.05, 0) is 29.0 Å². The Labute approximate surface area is 120 Å². The topological polar surface area (TPSA) is 55.6 Å². The first-order chi connectivity index (χ1) is 9.52. The average Bonchev–Trinajstić information content (AvgIpc) is 2.45. The van der Waals surface area contributed by atoms with Crippen molar-refractivity contribution in [3.63, 3.8) is 0 Å². The fourth-order valence-electron chi connectivity index (χ4n) is 2.60. The van der Waals surface area contributed by atoms with Crippen LogP contribution in [0.5, 0.6) is 0 Å². The first-order valence-corrected chi connectivity index (χ1v) is 7.17. The minimum atomic E-state index is 0.0466. The number of amides is 1. The minimum Gasteiger partial charge on any atom is -0.375 e. The standard InChI is InChI=1S/C16H24N2O2/c1-11(2)16(17)13-5-4-12-6-7-18(9-14(12)8-13)15(19)10-20-3/h4-5,8,11,16H,6-7,9-10,17H2,1-3H3. The molecule has 1 amide bonds. The van der Waals surface area contributed by atoms with Gasteiger partial charge in [0.15, 0.2) is 0 Å². The van der Waals surface area contributed by atoms with Gasteiger partial charge < -0.3 is 15.4 Å². The summed E-state index contributed by atoms with van der Waals surface area (Å²) >= 11 is 0. The third kappa shape index (κ3) is 3.19. The average molecular weight is 276 g/mol. The van der Waals surface area contributed by atoms with Crippen molar-refractivity contribution >= 4 is 5.91 Å². The summed E-state index contributed by atoms with van der Waals surface area (Å²) in [6.07, 6.45) is 0.905. The number of benzene rings is 1. The highest BCUT2D eigenvalue weighted by atomic mass is 16.5. The summed E-state index contributed by atoms with van der Waals surface area (Å²) in [5, 5.41) is 0. The van der Waals surface area contributed by atoms with E-state index in [2.05, 4.69) is 32.0 Å². The molecule has 4 heteroatoms. The van der Waals surface area contributed by atoms with Crippen LogP contribution < -0.4 is 5.73 Å². The molecule has 0 bridgehead atoms. The van der Waals surface area contributed by atoms with E-state index in [4.69, 9.17) is 10.5 Å². The fourth-order valence-corrected chi connectivity index (χ4v) is 2.60. The number of rotatable bonds is 4. The lowest BCUT2D eigenvalue weighted by molar-refractivity contribution is -0.136. The number of hydrogen-bond acceptors (Lipinski definition) is 3. The monoisotopic (exact) mass is 276 g/mol. The van der Waals surface area contributed by atoms with Gasteiger partial charge in [0.05, 0.1) is 0 Å². The summed E-state index contributed by atoms with van der Waals surface area (Å²) in [7, 11) is 1.55. The lowest BCUT2D eigenvalue weighted by Gasteiger charge is -2.30. The summed E-state index contributed by atoms with van der Waals surface area (Å²) < 4.78 is 4.93. The molecule has 2 rings (SSSR count). The molecule has 1 atom stereocenters. The van der Waals surface area contributed by atoms with Gasteiger partial charge in [0.25, 0.3) is 0 Å². The van der Waals surface area contributed by atoms with E-state index in [0.717, 1.165) is 18.5 Å². The highest BCUT2D eigenvalue weighted by Crippen LogP contribution is 2.25. The zero-order valence-electron chi connectivity index (χ0n) is 12.6. The lowest BCUT2D eigenvalue weighted by Crippen LogP contribution is -2.38. The lowest BCUT2D eigenvalue weighted by atomic mass is 9.91. The van der Waals surface area contributed by atoms with Crippen LogP contribution in [0.15, 0.2) is 18.2 Å². The van der Waals surface area contributed by atoms with Crippen LogP contribution in [-0.2, 0) is 22.5 Å². The zero-order valence-corrected chi connectivity index (χ0v) is 12.6.